The van der Waals surface area contributed by atoms with Crippen LogP contribution in [-0.4, -0.2) is 19.5 Å². The van der Waals surface area contributed by atoms with Gasteiger partial charge in [-0.15, -0.1) is 0 Å². The molecular weight excluding hydrogens is 150 g/mol. The summed E-state index contributed by atoms with van der Waals surface area (Å²) in [4.78, 5) is 13.9. The molecule has 0 aromatic heterocycles. The number of aliphatic imine (C=N–C) groups is 1. The summed E-state index contributed by atoms with van der Waals surface area (Å²) in [6.45, 7) is 3.67. The van der Waals surface area contributed by atoms with Crippen molar-refractivity contribution in [3.8, 4) is 0 Å². The van der Waals surface area contributed by atoms with E-state index in [0.717, 1.165) is 24.7 Å². The van der Waals surface area contributed by atoms with Crippen LogP contribution >= 0.6 is 0 Å². The second-order valence-electron chi connectivity index (χ2n) is 2.41. The van der Waals surface area contributed by atoms with Crippen LogP contribution in [0.5, 0.6) is 0 Å². The molecule has 0 bridgehead atoms. The molecule has 12 heavy (non-hydrogen) atoms. The van der Waals surface area contributed by atoms with Gasteiger partial charge in [0.2, 0.25) is 0 Å². The first-order valence-electron chi connectivity index (χ1n) is 4.02. The van der Waals surface area contributed by atoms with Gasteiger partial charge in [0.05, 0.1) is 0 Å². The van der Waals surface area contributed by atoms with Gasteiger partial charge in [-0.1, -0.05) is 12.7 Å². The van der Waals surface area contributed by atoms with Crippen LogP contribution < -0.4 is 0 Å². The molecule has 2 nitrogen and oxygen atoms in total. The monoisotopic (exact) mass is 165 g/mol. The minimum atomic E-state index is 0.619. The van der Waals surface area contributed by atoms with Crippen molar-refractivity contribution in [2.45, 2.75) is 19.3 Å². The Morgan fingerprint density at radius 3 is 2.83 bits per heavy atom. The number of hydrogen-bond donors (Lipinski definition) is 0. The van der Waals surface area contributed by atoms with Gasteiger partial charge in [0.15, 0.2) is 0 Å². The van der Waals surface area contributed by atoms with E-state index in [0.29, 0.717) is 6.42 Å². The minimum absolute atomic E-state index is 0.619. The predicted octanol–water partition coefficient (Wildman–Crippen LogP) is 2.17. The van der Waals surface area contributed by atoms with Crippen molar-refractivity contribution in [2.24, 2.45) is 4.99 Å². The van der Waals surface area contributed by atoms with Crippen LogP contribution in [0.15, 0.2) is 29.3 Å². The molecule has 0 N–H and O–H groups in total. The Balaban J connectivity index is 3.81. The van der Waals surface area contributed by atoms with E-state index in [1.165, 1.54) is 0 Å². The highest BCUT2D eigenvalue weighted by Gasteiger charge is 1.90. The average Bonchev–Trinajstić information content (AvgIpc) is 2.11. The van der Waals surface area contributed by atoms with Gasteiger partial charge < -0.3 is 4.79 Å². The van der Waals surface area contributed by atoms with E-state index in [2.05, 4.69) is 11.6 Å². The van der Waals surface area contributed by atoms with E-state index in [9.17, 15) is 4.79 Å². The molecule has 0 radical (unpaired) electrons. The zero-order valence-corrected chi connectivity index (χ0v) is 7.49. The summed E-state index contributed by atoms with van der Waals surface area (Å²) in [6.07, 6.45) is 8.79. The molecule has 0 aromatic rings. The smallest absolute Gasteiger partial charge is 0.120 e. The maximum Gasteiger partial charge on any atom is 0.120 e. The molecule has 0 unspecified atom stereocenters. The lowest BCUT2D eigenvalue weighted by Gasteiger charge is -1.96. The van der Waals surface area contributed by atoms with Gasteiger partial charge in [-0.05, 0) is 24.5 Å². The minimum Gasteiger partial charge on any atom is -0.303 e. The third-order valence-corrected chi connectivity index (χ3v) is 1.49. The molecule has 0 fully saturated rings. The Hall–Kier alpha value is -1.18. The summed E-state index contributed by atoms with van der Waals surface area (Å²) in [5.41, 5.74) is 1.13. The lowest BCUT2D eigenvalue weighted by atomic mass is 10.1. The fraction of sp³-hybridized carbons (Fsp3) is 0.400. The van der Waals surface area contributed by atoms with Crippen LogP contribution in [0.1, 0.15) is 19.3 Å². The fourth-order valence-corrected chi connectivity index (χ4v) is 0.813. The van der Waals surface area contributed by atoms with Gasteiger partial charge in [-0.25, -0.2) is 0 Å². The highest BCUT2D eigenvalue weighted by Crippen LogP contribution is 2.06. The van der Waals surface area contributed by atoms with E-state index in [4.69, 9.17) is 0 Å². The molecule has 0 rings (SSSR count). The van der Waals surface area contributed by atoms with E-state index in [1.54, 1.807) is 19.3 Å². The Kier molecular flexibility index (Phi) is 7.14. The molecule has 66 valence electrons. The molecular formula is C10H15NO. The van der Waals surface area contributed by atoms with E-state index >= 15 is 0 Å². The summed E-state index contributed by atoms with van der Waals surface area (Å²) in [5, 5.41) is 0. The summed E-state index contributed by atoms with van der Waals surface area (Å²) < 4.78 is 0. The molecule has 0 saturated heterocycles. The Bertz CT molecular complexity index is 192. The maximum atomic E-state index is 10.0. The number of nitrogens with zero attached hydrogens (tertiary/aromatic N) is 1. The quantitative estimate of drug-likeness (QED) is 0.257. The average molecular weight is 165 g/mol. The van der Waals surface area contributed by atoms with Crippen LogP contribution in [-0.2, 0) is 4.79 Å². The second kappa shape index (κ2) is 7.92. The van der Waals surface area contributed by atoms with Crippen molar-refractivity contribution in [1.29, 1.82) is 0 Å². The predicted molar refractivity (Wildman–Crippen MR) is 52.6 cm³/mol. The maximum absolute atomic E-state index is 10.0. The Labute approximate surface area is 73.7 Å². The van der Waals surface area contributed by atoms with Gasteiger partial charge in [0.1, 0.15) is 6.29 Å². The molecule has 0 spiro atoms. The molecule has 0 heterocycles. The first kappa shape index (κ1) is 10.8. The number of aldehydes is 1. The molecule has 2 heteroatoms. The lowest BCUT2D eigenvalue weighted by molar-refractivity contribution is -0.107. The van der Waals surface area contributed by atoms with Gasteiger partial charge >= 0.3 is 0 Å². The van der Waals surface area contributed by atoms with E-state index in [-0.39, 0.29) is 0 Å². The lowest BCUT2D eigenvalue weighted by Crippen LogP contribution is -1.82. The van der Waals surface area contributed by atoms with Crippen LogP contribution in [0, 0.1) is 0 Å². The van der Waals surface area contributed by atoms with E-state index < -0.39 is 0 Å². The number of unbranched alkanes of at least 4 members (excludes halogenated alkanes) is 1. The van der Waals surface area contributed by atoms with Gasteiger partial charge in [-0.2, -0.15) is 0 Å². The summed E-state index contributed by atoms with van der Waals surface area (Å²) in [5.74, 6) is 0. The molecule has 0 aromatic carbocycles. The van der Waals surface area contributed by atoms with Crippen LogP contribution in [0.25, 0.3) is 0 Å². The van der Waals surface area contributed by atoms with Crippen LogP contribution in [0.4, 0.5) is 0 Å². The molecule has 0 saturated carbocycles. The zero-order chi connectivity index (χ0) is 9.23. The third-order valence-electron chi connectivity index (χ3n) is 1.49. The van der Waals surface area contributed by atoms with Gasteiger partial charge in [0.25, 0.3) is 0 Å². The standard InChI is InChI=1S/C10H15NO/c1-3-10(7-8-11-2)6-4-5-9-12/h3,7-9H,1,4-6H2,2H3/b10-7+,11-8?. The topological polar surface area (TPSA) is 29.4 Å². The van der Waals surface area contributed by atoms with Crippen LogP contribution in [0.2, 0.25) is 0 Å². The Morgan fingerprint density at radius 2 is 2.33 bits per heavy atom. The zero-order valence-electron chi connectivity index (χ0n) is 7.49. The van der Waals surface area contributed by atoms with Crippen molar-refractivity contribution < 1.29 is 4.79 Å². The normalized spacial score (nSPS) is 11.9. The molecule has 0 amide bonds. The number of allylic oxidation sites excluding steroid dienone is 3. The third kappa shape index (κ3) is 5.59. The first-order chi connectivity index (χ1) is 5.85. The van der Waals surface area contributed by atoms with Gasteiger partial charge in [-0.3, -0.25) is 4.99 Å². The van der Waals surface area contributed by atoms with Crippen molar-refractivity contribution in [3.05, 3.63) is 24.3 Å². The number of hydrogen-bond acceptors (Lipinski definition) is 2. The fourth-order valence-electron chi connectivity index (χ4n) is 0.813. The highest BCUT2D eigenvalue weighted by molar-refractivity contribution is 5.72. The van der Waals surface area contributed by atoms with Crippen LogP contribution in [0.3, 0.4) is 0 Å². The molecule has 0 atom stereocenters. The van der Waals surface area contributed by atoms with Crippen molar-refractivity contribution in [3.63, 3.8) is 0 Å². The van der Waals surface area contributed by atoms with Crippen molar-refractivity contribution in [2.75, 3.05) is 7.05 Å². The number of carbonyl (C=O) groups excluding carboxylic acids is 1. The van der Waals surface area contributed by atoms with Crippen molar-refractivity contribution >= 4 is 12.5 Å². The summed E-state index contributed by atoms with van der Waals surface area (Å²) >= 11 is 0. The SMILES string of the molecule is C=C/C(=C\C=NC)CCCC=O. The largest absolute Gasteiger partial charge is 0.303 e. The molecule has 0 aliphatic heterocycles. The molecule has 0 aliphatic carbocycles. The summed E-state index contributed by atoms with van der Waals surface area (Å²) in [7, 11) is 1.72. The Morgan fingerprint density at radius 1 is 1.58 bits per heavy atom. The molecule has 0 aliphatic rings. The van der Waals surface area contributed by atoms with E-state index in [1.807, 2.05) is 6.08 Å². The van der Waals surface area contributed by atoms with Crippen molar-refractivity contribution in [1.82, 2.24) is 0 Å². The number of carbonyl (C=O) groups is 1. The summed E-state index contributed by atoms with van der Waals surface area (Å²) in [6, 6.07) is 0. The highest BCUT2D eigenvalue weighted by atomic mass is 16.1. The number of rotatable bonds is 6. The van der Waals surface area contributed by atoms with Gasteiger partial charge in [0, 0.05) is 19.7 Å². The first-order valence-corrected chi connectivity index (χ1v) is 4.02. The second-order valence-corrected chi connectivity index (χ2v) is 2.41.